The maximum atomic E-state index is 15.1. The molecule has 1 aromatic heterocycles. The van der Waals surface area contributed by atoms with Crippen molar-refractivity contribution in [3.63, 3.8) is 0 Å². The molecule has 0 aliphatic carbocycles. The number of hydrogen-bond acceptors (Lipinski definition) is 5. The number of aliphatic hydroxyl groups is 1. The zero-order valence-electron chi connectivity index (χ0n) is 24.3. The molecule has 6 nitrogen and oxygen atoms in total. The molecule has 2 unspecified atom stereocenters. The number of carbonyl (C=O) groups is 1. The molecule has 1 N–H and O–H groups in total. The van der Waals surface area contributed by atoms with Gasteiger partial charge in [-0.3, -0.25) is 4.79 Å². The number of rotatable bonds is 9. The minimum Gasteiger partial charge on any atom is -0.388 e. The zero-order valence-corrected chi connectivity index (χ0v) is 24.3. The van der Waals surface area contributed by atoms with Gasteiger partial charge in [-0.2, -0.15) is 0 Å². The number of hydrogen-bond donors (Lipinski definition) is 1. The van der Waals surface area contributed by atoms with Crippen LogP contribution in [0.2, 0.25) is 0 Å². The van der Waals surface area contributed by atoms with Crippen LogP contribution in [0.5, 0.6) is 0 Å². The van der Waals surface area contributed by atoms with E-state index in [1.165, 1.54) is 5.57 Å². The van der Waals surface area contributed by atoms with E-state index in [9.17, 15) is 9.90 Å². The summed E-state index contributed by atoms with van der Waals surface area (Å²) in [6, 6.07) is 17.2. The number of aryl methyl sites for hydroxylation is 1. The predicted molar refractivity (Wildman–Crippen MR) is 160 cm³/mol. The molecule has 0 spiro atoms. The Bertz CT molecular complexity index is 1400. The monoisotopic (exact) mass is 558 g/mol. The number of benzene rings is 2. The van der Waals surface area contributed by atoms with Crippen LogP contribution in [0.25, 0.3) is 28.5 Å². The number of fused-ring (bicyclic) bond motifs is 1. The summed E-state index contributed by atoms with van der Waals surface area (Å²) >= 11 is 0. The molecular weight excluding hydrogens is 519 g/mol. The molecule has 2 aliphatic rings. The van der Waals surface area contributed by atoms with E-state index in [4.69, 9.17) is 14.5 Å². The first-order chi connectivity index (χ1) is 19.8. The van der Waals surface area contributed by atoms with E-state index in [-0.39, 0.29) is 29.9 Å². The van der Waals surface area contributed by atoms with Gasteiger partial charge in [0.1, 0.15) is 23.7 Å². The van der Waals surface area contributed by atoms with Crippen molar-refractivity contribution in [1.29, 1.82) is 0 Å². The zero-order chi connectivity index (χ0) is 29.1. The lowest BCUT2D eigenvalue weighted by Gasteiger charge is -2.20. The van der Waals surface area contributed by atoms with E-state index in [1.807, 2.05) is 55.5 Å². The lowest BCUT2D eigenvalue weighted by Crippen LogP contribution is -2.29. The molecule has 2 fully saturated rings. The van der Waals surface area contributed by atoms with Gasteiger partial charge in [-0.05, 0) is 67.2 Å². The number of anilines is 1. The van der Waals surface area contributed by atoms with Crippen LogP contribution in [0.4, 0.5) is 10.1 Å². The number of carbonyl (C=O) groups excluding carboxylic acids is 1. The average Bonchev–Trinajstić information content (AvgIpc) is 3.55. The molecule has 0 radical (unpaired) electrons. The lowest BCUT2D eigenvalue weighted by atomic mass is 9.91. The highest BCUT2D eigenvalue weighted by atomic mass is 19.1. The largest absolute Gasteiger partial charge is 0.388 e. The van der Waals surface area contributed by atoms with Crippen LogP contribution in [-0.4, -0.2) is 54.1 Å². The number of nitrogens with zero attached hydrogens (tertiary/aromatic N) is 2. The van der Waals surface area contributed by atoms with Gasteiger partial charge in [-0.15, -0.1) is 0 Å². The number of pyridine rings is 1. The average molecular weight is 559 g/mol. The Morgan fingerprint density at radius 1 is 1.02 bits per heavy atom. The molecule has 4 atom stereocenters. The van der Waals surface area contributed by atoms with Crippen LogP contribution >= 0.6 is 0 Å². The summed E-state index contributed by atoms with van der Waals surface area (Å²) in [5.41, 5.74) is 6.66. The minimum atomic E-state index is -0.559. The highest BCUT2D eigenvalue weighted by molar-refractivity contribution is 5.91. The maximum Gasteiger partial charge on any atom is 0.223 e. The van der Waals surface area contributed by atoms with Crippen LogP contribution < -0.4 is 4.90 Å². The van der Waals surface area contributed by atoms with Crippen LogP contribution in [0.15, 0.2) is 60.2 Å². The Labute approximate surface area is 241 Å². The predicted octanol–water partition coefficient (Wildman–Crippen LogP) is 6.58. The van der Waals surface area contributed by atoms with Crippen LogP contribution in [0.1, 0.15) is 51.3 Å². The van der Waals surface area contributed by atoms with E-state index in [1.54, 1.807) is 17.9 Å². The molecule has 1 amide bonds. The molecule has 0 saturated carbocycles. The van der Waals surface area contributed by atoms with Gasteiger partial charge >= 0.3 is 0 Å². The Kier molecular flexibility index (Phi) is 8.97. The van der Waals surface area contributed by atoms with Gasteiger partial charge in [0.15, 0.2) is 0 Å². The number of allylic oxidation sites excluding steroid dienone is 1. The fraction of sp³-hybridized carbons (Fsp3) is 0.412. The minimum absolute atomic E-state index is 0.0284. The maximum absolute atomic E-state index is 15.1. The summed E-state index contributed by atoms with van der Waals surface area (Å²) < 4.78 is 26.8. The fourth-order valence-electron chi connectivity index (χ4n) is 5.86. The van der Waals surface area contributed by atoms with Crippen molar-refractivity contribution in [2.45, 2.75) is 65.3 Å². The summed E-state index contributed by atoms with van der Waals surface area (Å²) in [5.74, 6) is -0.140. The van der Waals surface area contributed by atoms with Crippen LogP contribution in [-0.2, 0) is 14.3 Å². The normalized spacial score (nSPS) is 22.1. The number of aliphatic hydroxyl groups excluding tert-OH is 1. The van der Waals surface area contributed by atoms with Gasteiger partial charge in [0, 0.05) is 30.6 Å². The van der Waals surface area contributed by atoms with E-state index in [0.717, 1.165) is 47.3 Å². The number of aromatic nitrogens is 1. The third-order valence-corrected chi connectivity index (χ3v) is 8.15. The summed E-state index contributed by atoms with van der Waals surface area (Å²) in [6.07, 6.45) is 3.69. The molecule has 5 rings (SSSR count). The topological polar surface area (TPSA) is 71.9 Å². The molecule has 2 aromatic carbocycles. The second kappa shape index (κ2) is 12.6. The molecule has 216 valence electrons. The lowest BCUT2D eigenvalue weighted by molar-refractivity contribution is -0.116. The van der Waals surface area contributed by atoms with Gasteiger partial charge in [0.05, 0.1) is 25.0 Å². The molecule has 2 saturated heterocycles. The first-order valence-electron chi connectivity index (χ1n) is 14.6. The Morgan fingerprint density at radius 2 is 1.66 bits per heavy atom. The summed E-state index contributed by atoms with van der Waals surface area (Å²) in [6.45, 7) is 9.19. The van der Waals surface area contributed by atoms with Gasteiger partial charge in [-0.25, -0.2) is 9.37 Å². The van der Waals surface area contributed by atoms with Gasteiger partial charge in [0.2, 0.25) is 5.91 Å². The van der Waals surface area contributed by atoms with Crippen molar-refractivity contribution in [1.82, 2.24) is 4.98 Å². The van der Waals surface area contributed by atoms with Crippen molar-refractivity contribution in [2.75, 3.05) is 24.7 Å². The van der Waals surface area contributed by atoms with Crippen LogP contribution in [0, 0.1) is 18.7 Å². The van der Waals surface area contributed by atoms with E-state index in [0.29, 0.717) is 31.0 Å². The summed E-state index contributed by atoms with van der Waals surface area (Å²) in [5, 5.41) is 10.1. The van der Waals surface area contributed by atoms with Gasteiger partial charge < -0.3 is 19.5 Å². The number of amides is 1. The fourth-order valence-corrected chi connectivity index (χ4v) is 5.86. The summed E-state index contributed by atoms with van der Waals surface area (Å²) in [4.78, 5) is 18.5. The van der Waals surface area contributed by atoms with Crippen molar-refractivity contribution < 1.29 is 23.8 Å². The number of halogens is 1. The molecule has 2 aliphatic heterocycles. The first-order valence-corrected chi connectivity index (χ1v) is 14.6. The Morgan fingerprint density at radius 3 is 2.29 bits per heavy atom. The highest BCUT2D eigenvalue weighted by Gasteiger charge is 2.46. The van der Waals surface area contributed by atoms with Crippen molar-refractivity contribution in [3.05, 3.63) is 77.2 Å². The second-order valence-electron chi connectivity index (χ2n) is 11.1. The molecule has 0 bridgehead atoms. The second-order valence-corrected chi connectivity index (χ2v) is 11.1. The molecule has 3 aromatic rings. The van der Waals surface area contributed by atoms with E-state index in [2.05, 4.69) is 19.9 Å². The SMILES string of the molecule is CCCN(C(C)=O)c1ccc(-c2ccc(-c3nc(/C=C(\CC)CC4CO[C@@H]5C(O)CO[C@H]45)c(C)cc3F)cc2)cc1. The smallest absolute Gasteiger partial charge is 0.223 e. The highest BCUT2D eigenvalue weighted by Crippen LogP contribution is 2.36. The quantitative estimate of drug-likeness (QED) is 0.321. The van der Waals surface area contributed by atoms with Gasteiger partial charge in [-0.1, -0.05) is 55.8 Å². The molecular formula is C34H39FN2O4. The van der Waals surface area contributed by atoms with E-state index < -0.39 is 6.10 Å². The number of ether oxygens (including phenoxy) is 2. The Hall–Kier alpha value is -3.39. The molecule has 3 heterocycles. The first kappa shape index (κ1) is 29.1. The Balaban J connectivity index is 1.35. The van der Waals surface area contributed by atoms with Gasteiger partial charge in [0.25, 0.3) is 0 Å². The van der Waals surface area contributed by atoms with Crippen molar-refractivity contribution in [3.8, 4) is 22.4 Å². The third-order valence-electron chi connectivity index (χ3n) is 8.15. The van der Waals surface area contributed by atoms with Crippen LogP contribution in [0.3, 0.4) is 0 Å². The molecule has 7 heteroatoms. The summed E-state index contributed by atoms with van der Waals surface area (Å²) in [7, 11) is 0. The molecule has 41 heavy (non-hydrogen) atoms. The standard InChI is InChI=1S/C34H39FN2O4/c1-5-15-37(22(4)38)28-13-11-25(12-14-28)24-7-9-26(10-8-24)32-29(35)16-21(3)30(36-32)18-23(6-2)17-27-19-40-34-31(39)20-41-33(27)34/h7-14,16,18,27,31,33-34,39H,5-6,15,17,19-20H2,1-4H3/b23-18+/t27?,31?,33-,34-/m1/s1. The van der Waals surface area contributed by atoms with E-state index >= 15 is 4.39 Å². The van der Waals surface area contributed by atoms with Crippen molar-refractivity contribution >= 4 is 17.7 Å². The third kappa shape index (κ3) is 6.27. The van der Waals surface area contributed by atoms with Crippen molar-refractivity contribution in [2.24, 2.45) is 5.92 Å².